The number of carbonyl (C=O) groups excluding carboxylic acids is 2. The van der Waals surface area contributed by atoms with Gasteiger partial charge in [-0.25, -0.2) is 8.42 Å². The second-order valence-corrected chi connectivity index (χ2v) is 12.1. The first-order valence-electron chi connectivity index (χ1n) is 12.0. The van der Waals surface area contributed by atoms with Gasteiger partial charge in [0.25, 0.3) is 10.0 Å². The molecule has 0 fully saturated rings. The van der Waals surface area contributed by atoms with E-state index in [1.807, 2.05) is 0 Å². The second-order valence-electron chi connectivity index (χ2n) is 9.05. The monoisotopic (exact) mass is 649 g/mol. The average molecular weight is 651 g/mol. The lowest BCUT2D eigenvalue weighted by Crippen LogP contribution is -2.50. The van der Waals surface area contributed by atoms with Crippen molar-refractivity contribution in [1.29, 1.82) is 0 Å². The van der Waals surface area contributed by atoms with Crippen LogP contribution in [0, 0.1) is 6.92 Å². The maximum Gasteiger partial charge on any atom is 0.417 e. The number of nitrogens with one attached hydrogen (secondary N) is 1. The lowest BCUT2D eigenvalue weighted by Gasteiger charge is -2.32. The molecule has 0 saturated heterocycles. The molecule has 1 atom stereocenters. The largest absolute Gasteiger partial charge is 0.417 e. The number of sulfonamides is 1. The molecule has 7 nitrogen and oxygen atoms in total. The van der Waals surface area contributed by atoms with Crippen molar-refractivity contribution in [2.45, 2.75) is 37.5 Å². The molecule has 0 aliphatic heterocycles. The molecule has 3 rings (SSSR count). The Balaban J connectivity index is 2.13. The van der Waals surface area contributed by atoms with Crippen molar-refractivity contribution < 1.29 is 31.2 Å². The smallest absolute Gasteiger partial charge is 0.357 e. The van der Waals surface area contributed by atoms with Crippen LogP contribution < -0.4 is 9.62 Å². The zero-order valence-corrected chi connectivity index (χ0v) is 25.1. The van der Waals surface area contributed by atoms with E-state index in [4.69, 9.17) is 34.8 Å². The summed E-state index contributed by atoms with van der Waals surface area (Å²) in [6, 6.07) is 11.6. The van der Waals surface area contributed by atoms with Gasteiger partial charge in [-0.1, -0.05) is 58.6 Å². The quantitative estimate of drug-likeness (QED) is 0.293. The minimum absolute atomic E-state index is 0.183. The number of carbonyl (C=O) groups is 2. The van der Waals surface area contributed by atoms with Crippen LogP contribution in [-0.4, -0.2) is 44.8 Å². The molecule has 0 aromatic heterocycles. The van der Waals surface area contributed by atoms with E-state index in [2.05, 4.69) is 5.32 Å². The van der Waals surface area contributed by atoms with E-state index in [0.717, 1.165) is 22.6 Å². The fourth-order valence-electron chi connectivity index (χ4n) is 3.88. The Labute approximate surface area is 250 Å². The van der Waals surface area contributed by atoms with Crippen molar-refractivity contribution in [2.75, 3.05) is 17.9 Å². The second kappa shape index (κ2) is 12.9. The van der Waals surface area contributed by atoms with Crippen molar-refractivity contribution in [3.63, 3.8) is 0 Å². The van der Waals surface area contributed by atoms with Gasteiger partial charge in [-0.05, 0) is 61.9 Å². The molecule has 0 aliphatic carbocycles. The van der Waals surface area contributed by atoms with Crippen LogP contribution in [0.1, 0.15) is 23.6 Å². The number of aryl methyl sites for hydroxylation is 1. The van der Waals surface area contributed by atoms with E-state index >= 15 is 0 Å². The van der Waals surface area contributed by atoms with Crippen LogP contribution in [0.3, 0.4) is 0 Å². The first kappa shape index (κ1) is 32.5. The number of benzene rings is 3. The van der Waals surface area contributed by atoms with Crippen molar-refractivity contribution in [1.82, 2.24) is 10.2 Å². The van der Waals surface area contributed by atoms with Gasteiger partial charge < -0.3 is 10.2 Å². The van der Waals surface area contributed by atoms with E-state index in [9.17, 15) is 31.2 Å². The van der Waals surface area contributed by atoms with Crippen LogP contribution in [-0.2, 0) is 32.3 Å². The van der Waals surface area contributed by atoms with Crippen LogP contribution >= 0.6 is 34.8 Å². The third-order valence-electron chi connectivity index (χ3n) is 6.18. The van der Waals surface area contributed by atoms with E-state index in [0.29, 0.717) is 15.9 Å². The number of hydrogen-bond acceptors (Lipinski definition) is 4. The normalized spacial score (nSPS) is 12.5. The van der Waals surface area contributed by atoms with Gasteiger partial charge in [0.1, 0.15) is 12.6 Å². The number of nitrogens with zero attached hydrogens (tertiary/aromatic N) is 2. The summed E-state index contributed by atoms with van der Waals surface area (Å²) in [6.45, 7) is 2.04. The van der Waals surface area contributed by atoms with Gasteiger partial charge in [0.15, 0.2) is 0 Å². The molecule has 3 aromatic carbocycles. The number of alkyl halides is 3. The van der Waals surface area contributed by atoms with Crippen molar-refractivity contribution in [3.8, 4) is 0 Å². The molecule has 2 amide bonds. The summed E-state index contributed by atoms with van der Waals surface area (Å²) in [4.78, 5) is 27.1. The molecule has 0 bridgehead atoms. The van der Waals surface area contributed by atoms with Gasteiger partial charge in [-0.2, -0.15) is 13.2 Å². The molecule has 0 aliphatic rings. The number of rotatable bonds is 9. The van der Waals surface area contributed by atoms with Gasteiger partial charge in [-0.3, -0.25) is 13.9 Å². The maximum atomic E-state index is 13.8. The molecule has 0 radical (unpaired) electrons. The number of hydrogen-bond donors (Lipinski definition) is 1. The lowest BCUT2D eigenvalue weighted by atomic mass is 10.1. The van der Waals surface area contributed by atoms with Crippen LogP contribution in [0.5, 0.6) is 0 Å². The first-order valence-corrected chi connectivity index (χ1v) is 14.5. The van der Waals surface area contributed by atoms with Gasteiger partial charge >= 0.3 is 6.18 Å². The summed E-state index contributed by atoms with van der Waals surface area (Å²) in [5.41, 5.74) is -0.510. The highest BCUT2D eigenvalue weighted by Gasteiger charge is 2.37. The number of anilines is 1. The molecule has 1 N–H and O–H groups in total. The predicted molar refractivity (Wildman–Crippen MR) is 153 cm³/mol. The van der Waals surface area contributed by atoms with Crippen LogP contribution in [0.4, 0.5) is 18.9 Å². The highest BCUT2D eigenvalue weighted by atomic mass is 35.5. The van der Waals surface area contributed by atoms with E-state index < -0.39 is 56.9 Å². The Morgan fingerprint density at radius 3 is 2.10 bits per heavy atom. The average Bonchev–Trinajstić information content (AvgIpc) is 2.91. The van der Waals surface area contributed by atoms with E-state index in [-0.39, 0.29) is 21.5 Å². The zero-order chi connectivity index (χ0) is 30.7. The molecule has 1 unspecified atom stereocenters. The van der Waals surface area contributed by atoms with Crippen LogP contribution in [0.2, 0.25) is 15.1 Å². The summed E-state index contributed by atoms with van der Waals surface area (Å²) in [5.74, 6) is -1.43. The third kappa shape index (κ3) is 7.65. The Bertz CT molecular complexity index is 1550. The van der Waals surface area contributed by atoms with Gasteiger partial charge in [0, 0.05) is 13.6 Å². The van der Waals surface area contributed by atoms with E-state index in [1.165, 1.54) is 50.4 Å². The zero-order valence-electron chi connectivity index (χ0n) is 22.0. The molecule has 0 heterocycles. The lowest BCUT2D eigenvalue weighted by molar-refractivity contribution is -0.139. The summed E-state index contributed by atoms with van der Waals surface area (Å²) in [5, 5.41) is 2.23. The molecule has 3 aromatic rings. The molecule has 0 saturated carbocycles. The molecule has 14 heteroatoms. The van der Waals surface area contributed by atoms with Crippen molar-refractivity contribution in [2.24, 2.45) is 0 Å². The Morgan fingerprint density at radius 2 is 1.54 bits per heavy atom. The topological polar surface area (TPSA) is 86.8 Å². The van der Waals surface area contributed by atoms with Gasteiger partial charge in [-0.15, -0.1) is 0 Å². The Hall–Kier alpha value is -2.99. The van der Waals surface area contributed by atoms with E-state index in [1.54, 1.807) is 13.0 Å². The summed E-state index contributed by atoms with van der Waals surface area (Å²) in [7, 11) is -3.21. The molecule has 41 heavy (non-hydrogen) atoms. The minimum atomic E-state index is -4.90. The SMILES string of the molecule is CNC(=O)C(C)N(Cc1ccc(Cl)c(Cl)c1)C(=O)CN(c1ccc(Cl)c(C(F)(F)F)c1)S(=O)(=O)c1ccc(C)cc1. The van der Waals surface area contributed by atoms with Crippen LogP contribution in [0.15, 0.2) is 65.6 Å². The molecule has 0 spiro atoms. The maximum absolute atomic E-state index is 13.8. The molecular formula is C27H25Cl3F3N3O4S. The highest BCUT2D eigenvalue weighted by molar-refractivity contribution is 7.92. The fourth-order valence-corrected chi connectivity index (χ4v) is 5.83. The van der Waals surface area contributed by atoms with Crippen LogP contribution in [0.25, 0.3) is 0 Å². The summed E-state index contributed by atoms with van der Waals surface area (Å²) >= 11 is 17.9. The highest BCUT2D eigenvalue weighted by Crippen LogP contribution is 2.38. The Kier molecular flexibility index (Phi) is 10.2. The summed E-state index contributed by atoms with van der Waals surface area (Å²) in [6.07, 6.45) is -4.90. The van der Waals surface area contributed by atoms with Crippen molar-refractivity contribution >= 4 is 62.3 Å². The van der Waals surface area contributed by atoms with Gasteiger partial charge in [0.05, 0.1) is 31.2 Å². The number of amides is 2. The van der Waals surface area contributed by atoms with Gasteiger partial charge in [0.2, 0.25) is 11.8 Å². The first-order chi connectivity index (χ1) is 19.1. The summed E-state index contributed by atoms with van der Waals surface area (Å²) < 4.78 is 69.2. The van der Waals surface area contributed by atoms with Crippen molar-refractivity contribution in [3.05, 3.63) is 92.4 Å². The third-order valence-corrected chi connectivity index (χ3v) is 9.04. The number of likely N-dealkylation sites (N-methyl/N-ethyl adjacent to an activating group) is 1. The Morgan fingerprint density at radius 1 is 0.927 bits per heavy atom. The number of halogens is 6. The molecular weight excluding hydrogens is 626 g/mol. The standard InChI is InChI=1S/C27H25Cl3F3N3O4S/c1-16-4-8-20(9-5-16)41(39,40)36(19-7-11-22(28)21(13-19)27(31,32)33)15-25(37)35(17(2)26(38)34-3)14-18-6-10-23(29)24(30)12-18/h4-13,17H,14-15H2,1-3H3,(H,34,38). The minimum Gasteiger partial charge on any atom is -0.357 e. The molecule has 220 valence electrons. The fraction of sp³-hybridized carbons (Fsp3) is 0.259. The predicted octanol–water partition coefficient (Wildman–Crippen LogP) is 6.33.